The number of pyridine rings is 2. The largest absolute Gasteiger partial charge is 0.303 e. The first-order valence-corrected chi connectivity index (χ1v) is 8.16. The number of aromatic nitrogens is 2. The lowest BCUT2D eigenvalue weighted by Crippen LogP contribution is -2.26. The van der Waals surface area contributed by atoms with Gasteiger partial charge in [0.05, 0.1) is 17.4 Å². The second-order valence-corrected chi connectivity index (χ2v) is 7.16. The quantitative estimate of drug-likeness (QED) is 0.932. The number of rotatable bonds is 3. The molecule has 0 amide bonds. The highest BCUT2D eigenvalue weighted by molar-refractivity contribution is 5.26. The van der Waals surface area contributed by atoms with Gasteiger partial charge >= 0.3 is 0 Å². The van der Waals surface area contributed by atoms with Crippen molar-refractivity contribution in [2.24, 2.45) is 0 Å². The van der Waals surface area contributed by atoms with Gasteiger partial charge in [0.15, 0.2) is 0 Å². The second-order valence-electron chi connectivity index (χ2n) is 7.16. The third-order valence-electron chi connectivity index (χ3n) is 4.42. The summed E-state index contributed by atoms with van der Waals surface area (Å²) in [5.74, 6) is 0. The van der Waals surface area contributed by atoms with E-state index in [4.69, 9.17) is 0 Å². The van der Waals surface area contributed by atoms with Gasteiger partial charge in [-0.1, -0.05) is 32.9 Å². The van der Waals surface area contributed by atoms with Crippen LogP contribution in [0.15, 0.2) is 36.7 Å². The summed E-state index contributed by atoms with van der Waals surface area (Å²) in [6.45, 7) is 7.44. The van der Waals surface area contributed by atoms with Gasteiger partial charge in [-0.3, -0.25) is 9.97 Å². The molecule has 1 unspecified atom stereocenters. The van der Waals surface area contributed by atoms with Gasteiger partial charge in [-0.25, -0.2) is 0 Å². The fourth-order valence-corrected chi connectivity index (χ4v) is 3.01. The zero-order valence-corrected chi connectivity index (χ0v) is 13.8. The van der Waals surface area contributed by atoms with Crippen molar-refractivity contribution < 1.29 is 0 Å². The molecule has 0 radical (unpaired) electrons. The van der Waals surface area contributed by atoms with Crippen LogP contribution in [-0.4, -0.2) is 9.97 Å². The molecule has 0 saturated heterocycles. The number of hydrogen-bond acceptors (Lipinski definition) is 3. The van der Waals surface area contributed by atoms with E-state index >= 15 is 0 Å². The molecule has 3 rings (SSSR count). The standard InChI is InChI=1S/C19H25N3/c1-19(2,3)15-9-10-16(21-12-15)13-22-17-8-4-6-14-7-5-11-20-18(14)17/h5,7,9-12,17,22H,4,6,8,13H2,1-3H3. The van der Waals surface area contributed by atoms with Crippen LogP contribution in [0.4, 0.5) is 0 Å². The molecule has 2 aromatic rings. The van der Waals surface area contributed by atoms with Crippen LogP contribution in [0.5, 0.6) is 0 Å². The van der Waals surface area contributed by atoms with E-state index in [0.717, 1.165) is 25.1 Å². The lowest BCUT2D eigenvalue weighted by atomic mass is 9.88. The van der Waals surface area contributed by atoms with Crippen LogP contribution in [0.2, 0.25) is 0 Å². The third kappa shape index (κ3) is 3.36. The molecule has 2 aromatic heterocycles. The van der Waals surface area contributed by atoms with E-state index in [1.807, 2.05) is 18.5 Å². The molecule has 2 heterocycles. The van der Waals surface area contributed by atoms with E-state index in [0.29, 0.717) is 6.04 Å². The van der Waals surface area contributed by atoms with Crippen LogP contribution in [0.1, 0.15) is 62.2 Å². The van der Waals surface area contributed by atoms with Gasteiger partial charge < -0.3 is 5.32 Å². The molecule has 0 aliphatic heterocycles. The van der Waals surface area contributed by atoms with Crippen LogP contribution in [0.25, 0.3) is 0 Å². The van der Waals surface area contributed by atoms with Gasteiger partial charge in [-0.15, -0.1) is 0 Å². The Morgan fingerprint density at radius 3 is 2.77 bits per heavy atom. The average Bonchev–Trinajstić information content (AvgIpc) is 2.52. The smallest absolute Gasteiger partial charge is 0.0605 e. The molecule has 1 aliphatic carbocycles. The Bertz CT molecular complexity index is 626. The topological polar surface area (TPSA) is 37.8 Å². The van der Waals surface area contributed by atoms with E-state index < -0.39 is 0 Å². The van der Waals surface area contributed by atoms with Crippen molar-refractivity contribution in [3.8, 4) is 0 Å². The molecule has 1 atom stereocenters. The van der Waals surface area contributed by atoms with Gasteiger partial charge in [0.25, 0.3) is 0 Å². The Morgan fingerprint density at radius 1 is 1.18 bits per heavy atom. The zero-order valence-electron chi connectivity index (χ0n) is 13.8. The fourth-order valence-electron chi connectivity index (χ4n) is 3.01. The maximum absolute atomic E-state index is 4.60. The molecule has 0 saturated carbocycles. The van der Waals surface area contributed by atoms with Crippen molar-refractivity contribution in [2.75, 3.05) is 0 Å². The minimum Gasteiger partial charge on any atom is -0.303 e. The Kier molecular flexibility index (Phi) is 4.25. The molecular formula is C19H25N3. The Labute approximate surface area is 133 Å². The van der Waals surface area contributed by atoms with Crippen molar-refractivity contribution >= 4 is 0 Å². The number of aryl methyl sites for hydroxylation is 1. The van der Waals surface area contributed by atoms with Gasteiger partial charge in [0.2, 0.25) is 0 Å². The summed E-state index contributed by atoms with van der Waals surface area (Å²) >= 11 is 0. The monoisotopic (exact) mass is 295 g/mol. The summed E-state index contributed by atoms with van der Waals surface area (Å²) in [7, 11) is 0. The SMILES string of the molecule is CC(C)(C)c1ccc(CNC2CCCc3cccnc32)nc1. The summed E-state index contributed by atoms with van der Waals surface area (Å²) in [6.07, 6.45) is 7.44. The lowest BCUT2D eigenvalue weighted by molar-refractivity contribution is 0.445. The van der Waals surface area contributed by atoms with Crippen molar-refractivity contribution in [3.05, 3.63) is 59.2 Å². The molecule has 1 N–H and O–H groups in total. The molecule has 0 fully saturated rings. The van der Waals surface area contributed by atoms with Crippen molar-refractivity contribution in [1.29, 1.82) is 0 Å². The van der Waals surface area contributed by atoms with Crippen LogP contribution < -0.4 is 5.32 Å². The number of fused-ring (bicyclic) bond motifs is 1. The second kappa shape index (κ2) is 6.17. The van der Waals surface area contributed by atoms with Crippen LogP contribution >= 0.6 is 0 Å². The molecular weight excluding hydrogens is 270 g/mol. The number of hydrogen-bond donors (Lipinski definition) is 1. The van der Waals surface area contributed by atoms with Gasteiger partial charge in [-0.05, 0) is 47.9 Å². The molecule has 1 aliphatic rings. The van der Waals surface area contributed by atoms with Crippen LogP contribution in [0.3, 0.4) is 0 Å². The summed E-state index contributed by atoms with van der Waals surface area (Å²) in [4.78, 5) is 9.18. The average molecular weight is 295 g/mol. The first-order chi connectivity index (χ1) is 10.5. The lowest BCUT2D eigenvalue weighted by Gasteiger charge is -2.25. The summed E-state index contributed by atoms with van der Waals surface area (Å²) < 4.78 is 0. The van der Waals surface area contributed by atoms with Crippen LogP contribution in [-0.2, 0) is 18.4 Å². The van der Waals surface area contributed by atoms with Crippen molar-refractivity contribution in [1.82, 2.24) is 15.3 Å². The Balaban J connectivity index is 1.66. The molecule has 3 nitrogen and oxygen atoms in total. The third-order valence-corrected chi connectivity index (χ3v) is 4.42. The minimum absolute atomic E-state index is 0.158. The van der Waals surface area contributed by atoms with Crippen LogP contribution in [0, 0.1) is 0 Å². The summed E-state index contributed by atoms with van der Waals surface area (Å²) in [5, 5.41) is 3.63. The minimum atomic E-state index is 0.158. The normalized spacial score (nSPS) is 18.0. The highest BCUT2D eigenvalue weighted by Crippen LogP contribution is 2.28. The summed E-state index contributed by atoms with van der Waals surface area (Å²) in [6, 6.07) is 8.92. The summed E-state index contributed by atoms with van der Waals surface area (Å²) in [5.41, 5.74) is 5.14. The highest BCUT2D eigenvalue weighted by atomic mass is 15.0. The van der Waals surface area contributed by atoms with Crippen molar-refractivity contribution in [3.63, 3.8) is 0 Å². The molecule has 116 valence electrons. The van der Waals surface area contributed by atoms with E-state index in [1.54, 1.807) is 0 Å². The Morgan fingerprint density at radius 2 is 2.05 bits per heavy atom. The van der Waals surface area contributed by atoms with E-state index in [1.165, 1.54) is 23.2 Å². The predicted molar refractivity (Wildman–Crippen MR) is 89.7 cm³/mol. The first-order valence-electron chi connectivity index (χ1n) is 8.16. The molecule has 0 spiro atoms. The maximum Gasteiger partial charge on any atom is 0.0605 e. The number of nitrogens with zero attached hydrogens (tertiary/aromatic N) is 2. The highest BCUT2D eigenvalue weighted by Gasteiger charge is 2.20. The number of nitrogens with one attached hydrogen (secondary N) is 1. The predicted octanol–water partition coefficient (Wildman–Crippen LogP) is 3.94. The molecule has 3 heteroatoms. The van der Waals surface area contributed by atoms with Gasteiger partial charge in [0, 0.05) is 18.9 Å². The van der Waals surface area contributed by atoms with E-state index in [-0.39, 0.29) is 5.41 Å². The van der Waals surface area contributed by atoms with E-state index in [2.05, 4.69) is 54.3 Å². The molecule has 0 aromatic carbocycles. The van der Waals surface area contributed by atoms with Crippen molar-refractivity contribution in [2.45, 2.75) is 58.0 Å². The van der Waals surface area contributed by atoms with E-state index in [9.17, 15) is 0 Å². The zero-order chi connectivity index (χ0) is 15.6. The maximum atomic E-state index is 4.60. The fraction of sp³-hybridized carbons (Fsp3) is 0.474. The first kappa shape index (κ1) is 15.2. The molecule has 0 bridgehead atoms. The van der Waals surface area contributed by atoms with Gasteiger partial charge in [-0.2, -0.15) is 0 Å². The Hall–Kier alpha value is -1.74. The van der Waals surface area contributed by atoms with Gasteiger partial charge in [0.1, 0.15) is 0 Å². The molecule has 22 heavy (non-hydrogen) atoms.